The van der Waals surface area contributed by atoms with E-state index in [4.69, 9.17) is 0 Å². The van der Waals surface area contributed by atoms with Gasteiger partial charge in [-0.2, -0.15) is 0 Å². The number of alkyl halides is 4. The van der Waals surface area contributed by atoms with E-state index in [0.717, 1.165) is 0 Å². The lowest BCUT2D eigenvalue weighted by molar-refractivity contribution is -0.390. The van der Waals surface area contributed by atoms with Crippen LogP contribution >= 0.6 is 38.5 Å². The molecule has 10 heteroatoms. The Balaban J connectivity index is 3.25. The van der Waals surface area contributed by atoms with Crippen molar-refractivity contribution in [2.45, 2.75) is 11.7 Å². The summed E-state index contributed by atoms with van der Waals surface area (Å²) in [6.07, 6.45) is -4.93. The quantitative estimate of drug-likeness (QED) is 0.321. The third-order valence-corrected chi connectivity index (χ3v) is 2.91. The van der Waals surface area contributed by atoms with Gasteiger partial charge in [0.15, 0.2) is 0 Å². The normalized spacial score (nSPS) is 11.4. The van der Waals surface area contributed by atoms with Gasteiger partial charge in [0.25, 0.3) is 0 Å². The Morgan fingerprint density at radius 1 is 1.59 bits per heavy atom. The molecule has 1 rings (SSSR count). The molecule has 0 aromatic carbocycles. The Bertz CT molecular complexity index is 455. The van der Waals surface area contributed by atoms with Gasteiger partial charge in [0.2, 0.25) is 0 Å². The average molecular weight is 427 g/mol. The molecule has 5 nitrogen and oxygen atoms in total. The highest BCUT2D eigenvalue weighted by molar-refractivity contribution is 14.1. The summed E-state index contributed by atoms with van der Waals surface area (Å²) in [6, 6.07) is 1.21. The second-order valence-electron chi connectivity index (χ2n) is 2.70. The van der Waals surface area contributed by atoms with E-state index in [2.05, 4.69) is 25.7 Å². The van der Waals surface area contributed by atoms with Gasteiger partial charge in [-0.3, -0.25) is 0 Å². The highest BCUT2D eigenvalue weighted by atomic mass is 127. The predicted octanol–water partition coefficient (Wildman–Crippen LogP) is 3.39. The monoisotopic (exact) mass is 426 g/mol. The number of hydrogen-bond donors (Lipinski definition) is 0. The molecule has 1 aromatic rings. The fraction of sp³-hybridized carbons (Fsp3) is 0.286. The van der Waals surface area contributed by atoms with Crippen LogP contribution in [-0.4, -0.2) is 16.3 Å². The van der Waals surface area contributed by atoms with Crippen LogP contribution in [0.15, 0.2) is 6.07 Å². The lowest BCUT2D eigenvalue weighted by Crippen LogP contribution is -2.19. The predicted molar refractivity (Wildman–Crippen MR) is 62.9 cm³/mol. The number of nitro groups is 1. The molecular weight excluding hydrogens is 424 g/mol. The molecule has 0 aliphatic heterocycles. The Hall–Kier alpha value is -0.650. The zero-order valence-corrected chi connectivity index (χ0v) is 11.5. The standard InChI is InChI=1S/C7H3BrF3IN2O3/c8-2-3-1-4(12)6(17-7(9,10)11)13-5(3)14(15)16/h1H,2H2. The minimum Gasteiger partial charge on any atom is -0.366 e. The van der Waals surface area contributed by atoms with Crippen LogP contribution in [0.25, 0.3) is 0 Å². The van der Waals surface area contributed by atoms with Crippen LogP contribution in [-0.2, 0) is 5.33 Å². The van der Waals surface area contributed by atoms with Crippen LogP contribution in [0.1, 0.15) is 5.56 Å². The molecule has 0 radical (unpaired) electrons. The van der Waals surface area contributed by atoms with Crippen LogP contribution in [0, 0.1) is 13.7 Å². The first-order valence-corrected chi connectivity index (χ1v) is 6.10. The van der Waals surface area contributed by atoms with Crippen molar-refractivity contribution in [3.8, 4) is 5.88 Å². The summed E-state index contributed by atoms with van der Waals surface area (Å²) in [7, 11) is 0. The van der Waals surface area contributed by atoms with E-state index >= 15 is 0 Å². The van der Waals surface area contributed by atoms with Gasteiger partial charge in [-0.25, -0.2) is 0 Å². The van der Waals surface area contributed by atoms with Crippen molar-refractivity contribution < 1.29 is 22.8 Å². The summed E-state index contributed by atoms with van der Waals surface area (Å²) in [4.78, 5) is 13.0. The topological polar surface area (TPSA) is 65.3 Å². The molecule has 1 heterocycles. The maximum atomic E-state index is 12.0. The zero-order valence-electron chi connectivity index (χ0n) is 7.79. The maximum Gasteiger partial charge on any atom is 0.575 e. The molecule has 17 heavy (non-hydrogen) atoms. The van der Waals surface area contributed by atoms with E-state index in [0.29, 0.717) is 0 Å². The van der Waals surface area contributed by atoms with Crippen LogP contribution in [0.4, 0.5) is 19.0 Å². The number of hydrogen-bond acceptors (Lipinski definition) is 4. The molecule has 94 valence electrons. The Morgan fingerprint density at radius 3 is 2.59 bits per heavy atom. The van der Waals surface area contributed by atoms with Crippen LogP contribution in [0.5, 0.6) is 5.88 Å². The van der Waals surface area contributed by atoms with Crippen LogP contribution in [0.3, 0.4) is 0 Å². The molecule has 0 saturated heterocycles. The summed E-state index contributed by atoms with van der Waals surface area (Å²) in [5, 5.41) is 10.7. The largest absolute Gasteiger partial charge is 0.575 e. The van der Waals surface area contributed by atoms with E-state index in [1.54, 1.807) is 22.6 Å². The number of aromatic nitrogens is 1. The first-order chi connectivity index (χ1) is 7.74. The average Bonchev–Trinajstić information content (AvgIpc) is 2.18. The lowest BCUT2D eigenvalue weighted by Gasteiger charge is -2.07. The van der Waals surface area contributed by atoms with Crippen molar-refractivity contribution in [2.75, 3.05) is 0 Å². The van der Waals surface area contributed by atoms with Crippen molar-refractivity contribution in [3.05, 3.63) is 25.3 Å². The van der Waals surface area contributed by atoms with E-state index < -0.39 is 23.0 Å². The molecule has 0 fully saturated rings. The van der Waals surface area contributed by atoms with Gasteiger partial charge in [0, 0.05) is 10.3 Å². The Labute approximate surface area is 115 Å². The maximum absolute atomic E-state index is 12.0. The number of ether oxygens (including phenoxy) is 1. The van der Waals surface area contributed by atoms with E-state index in [1.165, 1.54) is 6.07 Å². The molecule has 0 aliphatic rings. The van der Waals surface area contributed by atoms with Gasteiger partial charge in [0.05, 0.1) is 5.56 Å². The van der Waals surface area contributed by atoms with Gasteiger partial charge < -0.3 is 14.9 Å². The van der Waals surface area contributed by atoms with E-state index in [1.807, 2.05) is 0 Å². The lowest BCUT2D eigenvalue weighted by atomic mass is 10.3. The van der Waals surface area contributed by atoms with Crippen molar-refractivity contribution >= 4 is 44.3 Å². The summed E-state index contributed by atoms with van der Waals surface area (Å²) < 4.78 is 39.6. The van der Waals surface area contributed by atoms with Crippen molar-refractivity contribution in [2.24, 2.45) is 0 Å². The number of nitrogens with zero attached hydrogens (tertiary/aromatic N) is 2. The first kappa shape index (κ1) is 14.4. The van der Waals surface area contributed by atoms with Gasteiger partial charge in [-0.1, -0.05) is 15.9 Å². The smallest absolute Gasteiger partial charge is 0.366 e. The highest BCUT2D eigenvalue weighted by Gasteiger charge is 2.36. The third-order valence-electron chi connectivity index (χ3n) is 1.53. The van der Waals surface area contributed by atoms with Crippen molar-refractivity contribution in [1.29, 1.82) is 0 Å². The molecule has 0 aliphatic carbocycles. The summed E-state index contributed by atoms with van der Waals surface area (Å²) >= 11 is 4.54. The van der Waals surface area contributed by atoms with Crippen molar-refractivity contribution in [3.63, 3.8) is 0 Å². The van der Waals surface area contributed by atoms with Gasteiger partial charge in [-0.15, -0.1) is 13.2 Å². The Morgan fingerprint density at radius 2 is 2.18 bits per heavy atom. The molecule has 0 unspecified atom stereocenters. The SMILES string of the molecule is O=[N+]([O-])c1nc(OC(F)(F)F)c(I)cc1CBr. The third kappa shape index (κ3) is 3.94. The second-order valence-corrected chi connectivity index (χ2v) is 4.42. The summed E-state index contributed by atoms with van der Waals surface area (Å²) in [6.45, 7) is 0. The van der Waals surface area contributed by atoms with Gasteiger partial charge in [-0.05, 0) is 33.6 Å². The molecule has 0 N–H and O–H groups in total. The highest BCUT2D eigenvalue weighted by Crippen LogP contribution is 2.31. The number of halogens is 5. The molecule has 0 atom stereocenters. The fourth-order valence-electron chi connectivity index (χ4n) is 0.938. The molecule has 0 spiro atoms. The number of rotatable bonds is 3. The van der Waals surface area contributed by atoms with E-state index in [-0.39, 0.29) is 14.5 Å². The molecule has 1 aromatic heterocycles. The summed E-state index contributed by atoms with van der Waals surface area (Å²) in [5.41, 5.74) is 0.175. The van der Waals surface area contributed by atoms with Crippen molar-refractivity contribution in [1.82, 2.24) is 4.98 Å². The minimum atomic E-state index is -4.93. The van der Waals surface area contributed by atoms with Crippen LogP contribution < -0.4 is 4.74 Å². The molecule has 0 saturated carbocycles. The minimum absolute atomic E-state index is 0.0416. The van der Waals surface area contributed by atoms with E-state index in [9.17, 15) is 23.3 Å². The fourth-order valence-corrected chi connectivity index (χ4v) is 1.96. The van der Waals surface area contributed by atoms with Gasteiger partial charge in [0.1, 0.15) is 3.57 Å². The first-order valence-electron chi connectivity index (χ1n) is 3.90. The van der Waals surface area contributed by atoms with Crippen LogP contribution in [0.2, 0.25) is 0 Å². The molecule has 0 bridgehead atoms. The molecule has 0 amide bonds. The second kappa shape index (κ2) is 5.33. The van der Waals surface area contributed by atoms with Gasteiger partial charge >= 0.3 is 18.1 Å². The zero-order chi connectivity index (χ0) is 13.2. The number of pyridine rings is 1. The molecular formula is C7H3BrF3IN2O3. The summed E-state index contributed by atoms with van der Waals surface area (Å²) in [5.74, 6) is -1.49. The Kier molecular flexibility index (Phi) is 4.52.